The van der Waals surface area contributed by atoms with Crippen molar-refractivity contribution in [2.45, 2.75) is 31.1 Å². The van der Waals surface area contributed by atoms with Crippen molar-refractivity contribution >= 4 is 5.97 Å². The van der Waals surface area contributed by atoms with Crippen LogP contribution in [0.3, 0.4) is 0 Å². The Morgan fingerprint density at radius 1 is 1.20 bits per heavy atom. The first-order chi connectivity index (χ1) is 7.27. The SMILES string of the molecule is O=C(O)[C@@H]1C[C@H]1c1ccccc1C1CC1. The monoisotopic (exact) mass is 202 g/mol. The Hall–Kier alpha value is -1.31. The molecule has 0 saturated heterocycles. The van der Waals surface area contributed by atoms with Crippen LogP contribution >= 0.6 is 0 Å². The molecule has 78 valence electrons. The van der Waals surface area contributed by atoms with Gasteiger partial charge in [0.1, 0.15) is 0 Å². The van der Waals surface area contributed by atoms with E-state index in [1.807, 2.05) is 6.07 Å². The van der Waals surface area contributed by atoms with E-state index in [9.17, 15) is 4.79 Å². The van der Waals surface area contributed by atoms with E-state index in [4.69, 9.17) is 5.11 Å². The molecule has 2 aliphatic rings. The first-order valence-electron chi connectivity index (χ1n) is 5.59. The van der Waals surface area contributed by atoms with E-state index in [2.05, 4.69) is 18.2 Å². The van der Waals surface area contributed by atoms with Crippen LogP contribution in [-0.2, 0) is 4.79 Å². The fourth-order valence-electron chi connectivity index (χ4n) is 2.43. The van der Waals surface area contributed by atoms with Crippen LogP contribution in [0.25, 0.3) is 0 Å². The summed E-state index contributed by atoms with van der Waals surface area (Å²) in [5.41, 5.74) is 2.71. The fraction of sp³-hybridized carbons (Fsp3) is 0.462. The highest BCUT2D eigenvalue weighted by molar-refractivity contribution is 5.75. The van der Waals surface area contributed by atoms with Crippen molar-refractivity contribution in [3.63, 3.8) is 0 Å². The second kappa shape index (κ2) is 3.09. The molecule has 15 heavy (non-hydrogen) atoms. The summed E-state index contributed by atoms with van der Waals surface area (Å²) in [6, 6.07) is 8.37. The summed E-state index contributed by atoms with van der Waals surface area (Å²) in [6.45, 7) is 0. The van der Waals surface area contributed by atoms with E-state index in [1.54, 1.807) is 0 Å². The van der Waals surface area contributed by atoms with Crippen molar-refractivity contribution in [3.8, 4) is 0 Å². The zero-order chi connectivity index (χ0) is 10.4. The van der Waals surface area contributed by atoms with Gasteiger partial charge in [-0.2, -0.15) is 0 Å². The summed E-state index contributed by atoms with van der Waals surface area (Å²) in [6.07, 6.45) is 3.39. The quantitative estimate of drug-likeness (QED) is 0.818. The molecule has 2 nitrogen and oxygen atoms in total. The van der Waals surface area contributed by atoms with Crippen molar-refractivity contribution in [1.29, 1.82) is 0 Å². The van der Waals surface area contributed by atoms with Crippen LogP contribution in [0.4, 0.5) is 0 Å². The minimum atomic E-state index is -0.634. The van der Waals surface area contributed by atoms with E-state index in [1.165, 1.54) is 24.0 Å². The zero-order valence-electron chi connectivity index (χ0n) is 8.52. The Balaban J connectivity index is 1.89. The van der Waals surface area contributed by atoms with E-state index in [-0.39, 0.29) is 5.92 Å². The lowest BCUT2D eigenvalue weighted by Gasteiger charge is -2.06. The minimum Gasteiger partial charge on any atom is -0.481 e. The first-order valence-corrected chi connectivity index (χ1v) is 5.59. The maximum absolute atomic E-state index is 10.8. The van der Waals surface area contributed by atoms with E-state index in [0.29, 0.717) is 5.92 Å². The Morgan fingerprint density at radius 3 is 2.40 bits per heavy atom. The summed E-state index contributed by atoms with van der Waals surface area (Å²) in [5.74, 6) is 0.256. The molecule has 1 aromatic carbocycles. The predicted octanol–water partition coefficient (Wildman–Crippen LogP) is 2.75. The smallest absolute Gasteiger partial charge is 0.307 e. The molecule has 2 aliphatic carbocycles. The first kappa shape index (κ1) is 8.96. The molecule has 0 heterocycles. The van der Waals surface area contributed by atoms with Crippen LogP contribution in [0.1, 0.15) is 42.2 Å². The van der Waals surface area contributed by atoms with Crippen LogP contribution in [0.5, 0.6) is 0 Å². The van der Waals surface area contributed by atoms with Gasteiger partial charge in [-0.15, -0.1) is 0 Å². The highest BCUT2D eigenvalue weighted by atomic mass is 16.4. The summed E-state index contributed by atoms with van der Waals surface area (Å²) < 4.78 is 0. The minimum absolute atomic E-state index is 0.120. The topological polar surface area (TPSA) is 37.3 Å². The van der Waals surface area contributed by atoms with Gasteiger partial charge in [-0.1, -0.05) is 24.3 Å². The largest absolute Gasteiger partial charge is 0.481 e. The Bertz CT molecular complexity index is 407. The van der Waals surface area contributed by atoms with Gasteiger partial charge in [0.05, 0.1) is 5.92 Å². The van der Waals surface area contributed by atoms with Crippen LogP contribution in [0.2, 0.25) is 0 Å². The zero-order valence-corrected chi connectivity index (χ0v) is 8.52. The summed E-state index contributed by atoms with van der Waals surface area (Å²) in [4.78, 5) is 10.8. The third-order valence-corrected chi connectivity index (χ3v) is 3.52. The van der Waals surface area contributed by atoms with E-state index < -0.39 is 5.97 Å². The Kier molecular flexibility index (Phi) is 1.84. The highest BCUT2D eigenvalue weighted by Gasteiger charge is 2.46. The number of benzene rings is 1. The van der Waals surface area contributed by atoms with Crippen LogP contribution in [-0.4, -0.2) is 11.1 Å². The molecule has 2 heteroatoms. The standard InChI is InChI=1S/C13H14O2/c14-13(15)12-7-11(12)10-4-2-1-3-9(10)8-5-6-8/h1-4,8,11-12H,5-7H2,(H,14,15)/t11-,12+/m0/s1. The normalized spacial score (nSPS) is 28.8. The van der Waals surface area contributed by atoms with Gasteiger partial charge in [0.25, 0.3) is 0 Å². The second-order valence-electron chi connectivity index (χ2n) is 4.69. The number of hydrogen-bond acceptors (Lipinski definition) is 1. The molecule has 0 spiro atoms. The molecule has 0 bridgehead atoms. The van der Waals surface area contributed by atoms with E-state index in [0.717, 1.165) is 12.3 Å². The third-order valence-electron chi connectivity index (χ3n) is 3.52. The molecular weight excluding hydrogens is 188 g/mol. The molecular formula is C13H14O2. The average molecular weight is 202 g/mol. The molecule has 3 rings (SSSR count). The maximum atomic E-state index is 10.8. The van der Waals surface area contributed by atoms with Gasteiger partial charge in [0, 0.05) is 0 Å². The molecule has 2 fully saturated rings. The summed E-state index contributed by atoms with van der Waals surface area (Å²) in [7, 11) is 0. The van der Waals surface area contributed by atoms with Crippen LogP contribution in [0, 0.1) is 5.92 Å². The molecule has 0 unspecified atom stereocenters. The number of rotatable bonds is 3. The van der Waals surface area contributed by atoms with E-state index >= 15 is 0 Å². The predicted molar refractivity (Wildman–Crippen MR) is 56.9 cm³/mol. The number of carboxylic acids is 1. The lowest BCUT2D eigenvalue weighted by Crippen LogP contribution is -2.00. The molecule has 1 aromatic rings. The van der Waals surface area contributed by atoms with Gasteiger partial charge >= 0.3 is 5.97 Å². The Labute approximate surface area is 88.9 Å². The van der Waals surface area contributed by atoms with Gasteiger partial charge in [-0.3, -0.25) is 4.79 Å². The van der Waals surface area contributed by atoms with Gasteiger partial charge in [-0.05, 0) is 42.2 Å². The molecule has 2 atom stereocenters. The summed E-state index contributed by atoms with van der Waals surface area (Å²) in [5, 5.41) is 8.93. The highest BCUT2D eigenvalue weighted by Crippen LogP contribution is 2.52. The van der Waals surface area contributed by atoms with Gasteiger partial charge in [-0.25, -0.2) is 0 Å². The number of hydrogen-bond donors (Lipinski definition) is 1. The Morgan fingerprint density at radius 2 is 1.87 bits per heavy atom. The second-order valence-corrected chi connectivity index (χ2v) is 4.69. The van der Waals surface area contributed by atoms with Crippen LogP contribution in [0.15, 0.2) is 24.3 Å². The summed E-state index contributed by atoms with van der Waals surface area (Å²) >= 11 is 0. The molecule has 2 saturated carbocycles. The fourth-order valence-corrected chi connectivity index (χ4v) is 2.43. The molecule has 1 N–H and O–H groups in total. The van der Waals surface area contributed by atoms with Crippen LogP contribution < -0.4 is 0 Å². The molecule has 0 amide bonds. The van der Waals surface area contributed by atoms with Crippen molar-refractivity contribution in [1.82, 2.24) is 0 Å². The van der Waals surface area contributed by atoms with Crippen molar-refractivity contribution < 1.29 is 9.90 Å². The van der Waals surface area contributed by atoms with Crippen molar-refractivity contribution in [2.75, 3.05) is 0 Å². The lowest BCUT2D eigenvalue weighted by atomic mass is 9.98. The third kappa shape index (κ3) is 1.54. The van der Waals surface area contributed by atoms with Crippen molar-refractivity contribution in [2.24, 2.45) is 5.92 Å². The maximum Gasteiger partial charge on any atom is 0.307 e. The molecule has 0 aliphatic heterocycles. The van der Waals surface area contributed by atoms with Gasteiger partial charge < -0.3 is 5.11 Å². The van der Waals surface area contributed by atoms with Gasteiger partial charge in [0.2, 0.25) is 0 Å². The molecule has 0 aromatic heterocycles. The average Bonchev–Trinajstić information content (AvgIpc) is 3.11. The number of carboxylic acid groups (broad SMARTS) is 1. The number of carbonyl (C=O) groups is 1. The number of aliphatic carboxylic acids is 1. The lowest BCUT2D eigenvalue weighted by molar-refractivity contribution is -0.138. The molecule has 0 radical (unpaired) electrons. The van der Waals surface area contributed by atoms with Crippen molar-refractivity contribution in [3.05, 3.63) is 35.4 Å². The van der Waals surface area contributed by atoms with Gasteiger partial charge in [0.15, 0.2) is 0 Å².